The molecule has 1 atom stereocenters. The van der Waals surface area contributed by atoms with E-state index in [0.717, 1.165) is 17.2 Å². The number of carbonyl (C=O) groups excluding carboxylic acids is 1. The fourth-order valence-corrected chi connectivity index (χ4v) is 6.48. The lowest BCUT2D eigenvalue weighted by Gasteiger charge is -2.60. The fraction of sp³-hybridized carbons (Fsp3) is 0.423. The number of alkyl halides is 2. The Morgan fingerprint density at radius 1 is 1.23 bits per heavy atom. The van der Waals surface area contributed by atoms with Crippen LogP contribution in [0.4, 0.5) is 18.9 Å². The maximum atomic E-state index is 14.9. The molecule has 2 fully saturated rings. The van der Waals surface area contributed by atoms with Crippen LogP contribution in [0.15, 0.2) is 29.1 Å². The Kier molecular flexibility index (Phi) is 6.33. The van der Waals surface area contributed by atoms with E-state index in [2.05, 4.69) is 20.6 Å². The van der Waals surface area contributed by atoms with E-state index in [0.29, 0.717) is 23.0 Å². The number of nitrogens with one attached hydrogen (secondary N) is 3. The molecule has 0 saturated carbocycles. The van der Waals surface area contributed by atoms with Crippen molar-refractivity contribution < 1.29 is 18.0 Å². The standard InChI is InChI=1S/C26H25Cl2F3N6O2/c1-13-23-14(4-15(27)5-17(23)28)2-3-37(13)22(38)8-32-20-7-19-16(6-18(20)29)24(39)35-21(34-19)9-36-11-25(12-36)26(30,31)10-33-25/h4-7,13,32-33H,2-3,8-12H2,1H3,(H,34,35,39). The molecule has 6 rings (SSSR count). The van der Waals surface area contributed by atoms with E-state index >= 15 is 0 Å². The molecule has 3 aliphatic rings. The number of hydrogen-bond donors (Lipinski definition) is 3. The Hall–Kier alpha value is -2.86. The lowest BCUT2D eigenvalue weighted by atomic mass is 9.76. The number of aromatic nitrogens is 2. The van der Waals surface area contributed by atoms with Crippen LogP contribution in [0, 0.1) is 5.82 Å². The number of nitrogens with zero attached hydrogens (tertiary/aromatic N) is 3. The highest BCUT2D eigenvalue weighted by molar-refractivity contribution is 6.35. The van der Waals surface area contributed by atoms with Crippen LogP contribution in [0.1, 0.15) is 29.9 Å². The van der Waals surface area contributed by atoms with Crippen molar-refractivity contribution in [3.8, 4) is 0 Å². The minimum atomic E-state index is -2.75. The van der Waals surface area contributed by atoms with Gasteiger partial charge < -0.3 is 15.2 Å². The average Bonchev–Trinajstić information content (AvgIpc) is 2.84. The number of carbonyl (C=O) groups is 1. The molecule has 3 N–H and O–H groups in total. The normalized spacial score (nSPS) is 21.4. The van der Waals surface area contributed by atoms with Crippen molar-refractivity contribution in [2.45, 2.75) is 37.4 Å². The lowest BCUT2D eigenvalue weighted by Crippen LogP contribution is -2.86. The predicted molar refractivity (Wildman–Crippen MR) is 142 cm³/mol. The van der Waals surface area contributed by atoms with Gasteiger partial charge in [0, 0.05) is 29.7 Å². The molecular weight excluding hydrogens is 556 g/mol. The summed E-state index contributed by atoms with van der Waals surface area (Å²) < 4.78 is 42.5. The van der Waals surface area contributed by atoms with Crippen LogP contribution in [-0.2, 0) is 17.8 Å². The Bertz CT molecular complexity index is 1560. The van der Waals surface area contributed by atoms with Gasteiger partial charge in [-0.2, -0.15) is 0 Å². The van der Waals surface area contributed by atoms with E-state index in [4.69, 9.17) is 23.2 Å². The van der Waals surface area contributed by atoms with Gasteiger partial charge in [0.1, 0.15) is 17.2 Å². The average molecular weight is 581 g/mol. The van der Waals surface area contributed by atoms with Crippen LogP contribution in [0.5, 0.6) is 0 Å². The number of halogens is 5. The number of fused-ring (bicyclic) bond motifs is 2. The van der Waals surface area contributed by atoms with Gasteiger partial charge in [-0.1, -0.05) is 23.2 Å². The number of amides is 1. The monoisotopic (exact) mass is 580 g/mol. The summed E-state index contributed by atoms with van der Waals surface area (Å²) in [7, 11) is 0. The molecule has 0 aliphatic carbocycles. The summed E-state index contributed by atoms with van der Waals surface area (Å²) in [6, 6.07) is 5.67. The van der Waals surface area contributed by atoms with Crippen molar-refractivity contribution >= 4 is 45.7 Å². The van der Waals surface area contributed by atoms with Crippen LogP contribution in [0.25, 0.3) is 10.9 Å². The first kappa shape index (κ1) is 26.4. The molecule has 39 heavy (non-hydrogen) atoms. The number of H-pyrrole nitrogens is 1. The smallest absolute Gasteiger partial charge is 0.280 e. The number of likely N-dealkylation sites (tertiary alicyclic amines) is 1. The van der Waals surface area contributed by atoms with Crippen molar-refractivity contribution in [3.05, 3.63) is 67.4 Å². The first-order chi connectivity index (χ1) is 18.5. The molecule has 4 heterocycles. The highest BCUT2D eigenvalue weighted by Gasteiger charge is 2.67. The topological polar surface area (TPSA) is 93.4 Å². The Balaban J connectivity index is 1.15. The Morgan fingerprint density at radius 2 is 2.00 bits per heavy atom. The molecule has 1 unspecified atom stereocenters. The number of hydrogen-bond acceptors (Lipinski definition) is 6. The van der Waals surface area contributed by atoms with Gasteiger partial charge in [-0.15, -0.1) is 0 Å². The third-order valence-corrected chi connectivity index (χ3v) is 8.52. The molecule has 0 radical (unpaired) electrons. The van der Waals surface area contributed by atoms with E-state index in [1.54, 1.807) is 15.9 Å². The minimum Gasteiger partial charge on any atom is -0.374 e. The second-order valence-corrected chi connectivity index (χ2v) is 11.3. The largest absolute Gasteiger partial charge is 0.374 e. The molecular formula is C26H25Cl2F3N6O2. The van der Waals surface area contributed by atoms with Gasteiger partial charge in [-0.05, 0) is 48.7 Å². The lowest BCUT2D eigenvalue weighted by molar-refractivity contribution is -0.212. The van der Waals surface area contributed by atoms with Gasteiger partial charge in [-0.25, -0.2) is 18.2 Å². The third-order valence-electron chi connectivity index (χ3n) is 7.99. The van der Waals surface area contributed by atoms with Crippen LogP contribution >= 0.6 is 23.2 Å². The molecule has 13 heteroatoms. The second-order valence-electron chi connectivity index (χ2n) is 10.5. The van der Waals surface area contributed by atoms with Crippen LogP contribution in [0.2, 0.25) is 10.0 Å². The van der Waals surface area contributed by atoms with Gasteiger partial charge in [0.2, 0.25) is 5.91 Å². The van der Waals surface area contributed by atoms with Crippen LogP contribution < -0.4 is 16.2 Å². The first-order valence-corrected chi connectivity index (χ1v) is 13.3. The zero-order valence-corrected chi connectivity index (χ0v) is 22.4. The number of aromatic amines is 1. The van der Waals surface area contributed by atoms with Crippen molar-refractivity contribution in [1.82, 2.24) is 25.1 Å². The van der Waals surface area contributed by atoms with Gasteiger partial charge >= 0.3 is 0 Å². The first-order valence-electron chi connectivity index (χ1n) is 12.6. The summed E-state index contributed by atoms with van der Waals surface area (Å²) in [5.41, 5.74) is 0.363. The molecule has 0 bridgehead atoms. The van der Waals surface area contributed by atoms with E-state index in [1.807, 2.05) is 13.0 Å². The number of rotatable bonds is 5. The van der Waals surface area contributed by atoms with E-state index in [1.165, 1.54) is 6.07 Å². The second kappa shape index (κ2) is 9.36. The molecule has 1 amide bonds. The zero-order chi connectivity index (χ0) is 27.7. The van der Waals surface area contributed by atoms with Crippen molar-refractivity contribution in [1.29, 1.82) is 0 Å². The van der Waals surface area contributed by atoms with Crippen molar-refractivity contribution in [2.24, 2.45) is 0 Å². The van der Waals surface area contributed by atoms with Gasteiger partial charge in [0.25, 0.3) is 11.5 Å². The van der Waals surface area contributed by atoms with E-state index < -0.39 is 22.8 Å². The Labute approximate surface area is 231 Å². The molecule has 1 spiro atoms. The maximum Gasteiger partial charge on any atom is 0.280 e. The summed E-state index contributed by atoms with van der Waals surface area (Å²) in [4.78, 5) is 36.1. The predicted octanol–water partition coefficient (Wildman–Crippen LogP) is 3.72. The van der Waals surface area contributed by atoms with Gasteiger partial charge in [0.05, 0.1) is 42.3 Å². The fourth-order valence-electron chi connectivity index (χ4n) is 5.79. The van der Waals surface area contributed by atoms with Gasteiger partial charge in [0.15, 0.2) is 0 Å². The Morgan fingerprint density at radius 3 is 2.69 bits per heavy atom. The van der Waals surface area contributed by atoms with Crippen LogP contribution in [-0.4, -0.2) is 69.9 Å². The highest BCUT2D eigenvalue weighted by Crippen LogP contribution is 2.43. The van der Waals surface area contributed by atoms with E-state index in [-0.39, 0.29) is 67.1 Å². The maximum absolute atomic E-state index is 14.9. The summed E-state index contributed by atoms with van der Waals surface area (Å²) >= 11 is 12.5. The molecule has 1 aromatic heterocycles. The molecule has 3 aliphatic heterocycles. The third kappa shape index (κ3) is 4.45. The summed E-state index contributed by atoms with van der Waals surface area (Å²) in [5, 5.41) is 6.72. The molecule has 8 nitrogen and oxygen atoms in total. The summed E-state index contributed by atoms with van der Waals surface area (Å²) in [5.74, 6) is -3.41. The number of benzene rings is 2. The molecule has 2 saturated heterocycles. The summed E-state index contributed by atoms with van der Waals surface area (Å²) in [6.07, 6.45) is 0.595. The molecule has 3 aromatic rings. The molecule has 206 valence electrons. The highest BCUT2D eigenvalue weighted by atomic mass is 35.5. The van der Waals surface area contributed by atoms with Gasteiger partial charge in [-0.3, -0.25) is 19.8 Å². The summed E-state index contributed by atoms with van der Waals surface area (Å²) in [6.45, 7) is 2.28. The minimum absolute atomic E-state index is 0.0241. The van der Waals surface area contributed by atoms with Crippen molar-refractivity contribution in [2.75, 3.05) is 38.0 Å². The zero-order valence-electron chi connectivity index (χ0n) is 20.9. The van der Waals surface area contributed by atoms with E-state index in [9.17, 15) is 22.8 Å². The van der Waals surface area contributed by atoms with Crippen molar-refractivity contribution in [3.63, 3.8) is 0 Å². The SMILES string of the molecule is CC1c2c(Cl)cc(Cl)cc2CCN1C(=O)CNc1cc2nc(CN3CC4(C3)NCC4(F)F)[nH]c(=O)c2cc1F. The molecule has 2 aromatic carbocycles. The quantitative estimate of drug-likeness (QED) is 0.426. The number of anilines is 1. The van der Waals surface area contributed by atoms with Crippen LogP contribution in [0.3, 0.4) is 0 Å².